The van der Waals surface area contributed by atoms with Gasteiger partial charge in [-0.05, 0) is 24.1 Å². The lowest BCUT2D eigenvalue weighted by Gasteiger charge is -2.07. The third kappa shape index (κ3) is 2.35. The van der Waals surface area contributed by atoms with Gasteiger partial charge in [-0.3, -0.25) is 4.68 Å². The van der Waals surface area contributed by atoms with Gasteiger partial charge in [0.25, 0.3) is 0 Å². The van der Waals surface area contributed by atoms with Crippen molar-refractivity contribution in [1.82, 2.24) is 19.7 Å². The maximum Gasteiger partial charge on any atom is 0.222 e. The van der Waals surface area contributed by atoms with Crippen LogP contribution >= 0.6 is 0 Å². The summed E-state index contributed by atoms with van der Waals surface area (Å²) in [7, 11) is 3.82. The number of nitrogens with zero attached hydrogens (tertiary/aromatic N) is 4. The highest BCUT2D eigenvalue weighted by Crippen LogP contribution is 2.29. The monoisotopic (exact) mass is 281 g/mol. The van der Waals surface area contributed by atoms with Gasteiger partial charge >= 0.3 is 0 Å². The van der Waals surface area contributed by atoms with Gasteiger partial charge in [-0.1, -0.05) is 19.9 Å². The van der Waals surface area contributed by atoms with Crippen LogP contribution in [-0.4, -0.2) is 26.8 Å². The van der Waals surface area contributed by atoms with Gasteiger partial charge < -0.3 is 5.32 Å². The molecular formula is C16H19N5. The smallest absolute Gasteiger partial charge is 0.222 e. The molecule has 0 unspecified atom stereocenters. The lowest BCUT2D eigenvalue weighted by atomic mass is 10.0. The van der Waals surface area contributed by atoms with Gasteiger partial charge in [0.05, 0.1) is 11.2 Å². The minimum absolute atomic E-state index is 0.425. The average Bonchev–Trinajstić information content (AvgIpc) is 2.82. The quantitative estimate of drug-likeness (QED) is 0.801. The lowest BCUT2D eigenvalue weighted by molar-refractivity contribution is 0.677. The van der Waals surface area contributed by atoms with Crippen LogP contribution in [0.3, 0.4) is 0 Å². The van der Waals surface area contributed by atoms with Crippen LogP contribution in [0.4, 0.5) is 5.95 Å². The van der Waals surface area contributed by atoms with E-state index in [0.29, 0.717) is 11.9 Å². The van der Waals surface area contributed by atoms with Crippen LogP contribution in [0, 0.1) is 0 Å². The zero-order valence-electron chi connectivity index (χ0n) is 12.8. The third-order valence-corrected chi connectivity index (χ3v) is 3.60. The number of aryl methyl sites for hydroxylation is 1. The van der Waals surface area contributed by atoms with Crippen molar-refractivity contribution in [1.29, 1.82) is 0 Å². The van der Waals surface area contributed by atoms with Gasteiger partial charge in [-0.2, -0.15) is 5.10 Å². The molecule has 0 saturated heterocycles. The summed E-state index contributed by atoms with van der Waals surface area (Å²) < 4.78 is 1.97. The molecule has 108 valence electrons. The minimum atomic E-state index is 0.425. The van der Waals surface area contributed by atoms with E-state index < -0.39 is 0 Å². The fourth-order valence-corrected chi connectivity index (χ4v) is 2.70. The predicted octanol–water partition coefficient (Wildman–Crippen LogP) is 3.20. The highest BCUT2D eigenvalue weighted by Gasteiger charge is 2.13. The van der Waals surface area contributed by atoms with E-state index in [1.807, 2.05) is 24.8 Å². The Kier molecular flexibility index (Phi) is 3.33. The number of fused-ring (bicyclic) bond motifs is 1. The molecule has 0 aliphatic rings. The molecule has 0 spiro atoms. The largest absolute Gasteiger partial charge is 0.357 e. The van der Waals surface area contributed by atoms with Crippen LogP contribution in [0.1, 0.15) is 25.5 Å². The van der Waals surface area contributed by atoms with Gasteiger partial charge in [0.2, 0.25) is 5.95 Å². The SMILES string of the molecule is CNc1nccc(-c2ccc3nn(C)c(C(C)C)c3c2)n1. The van der Waals surface area contributed by atoms with Crippen LogP contribution in [0.2, 0.25) is 0 Å². The molecule has 2 aromatic heterocycles. The first kappa shape index (κ1) is 13.5. The molecule has 0 atom stereocenters. The number of hydrogen-bond donors (Lipinski definition) is 1. The van der Waals surface area contributed by atoms with Crippen molar-refractivity contribution in [3.05, 3.63) is 36.2 Å². The Hall–Kier alpha value is -2.43. The summed E-state index contributed by atoms with van der Waals surface area (Å²) in [5.41, 5.74) is 4.26. The number of hydrogen-bond acceptors (Lipinski definition) is 4. The van der Waals surface area contributed by atoms with E-state index in [4.69, 9.17) is 0 Å². The normalized spacial score (nSPS) is 11.3. The fourth-order valence-electron chi connectivity index (χ4n) is 2.70. The maximum atomic E-state index is 4.57. The van der Waals surface area contributed by atoms with Gasteiger partial charge in [0, 0.05) is 36.9 Å². The minimum Gasteiger partial charge on any atom is -0.357 e. The fraction of sp³-hybridized carbons (Fsp3) is 0.312. The molecule has 0 fully saturated rings. The van der Waals surface area contributed by atoms with Crippen molar-refractivity contribution in [3.63, 3.8) is 0 Å². The molecule has 5 heteroatoms. The standard InChI is InChI=1S/C16H19N5/c1-10(2)15-12-9-11(5-6-14(12)20-21(15)4)13-7-8-18-16(17-3)19-13/h5-10H,1-4H3,(H,17,18,19). The molecule has 0 saturated carbocycles. The number of benzene rings is 1. The highest BCUT2D eigenvalue weighted by atomic mass is 15.3. The number of aromatic nitrogens is 4. The molecule has 21 heavy (non-hydrogen) atoms. The van der Waals surface area contributed by atoms with E-state index in [-0.39, 0.29) is 0 Å². The molecule has 2 heterocycles. The molecule has 1 N–H and O–H groups in total. The topological polar surface area (TPSA) is 55.6 Å². The first-order valence-corrected chi connectivity index (χ1v) is 7.08. The Labute approximate surface area is 124 Å². The Morgan fingerprint density at radius 2 is 2.00 bits per heavy atom. The summed E-state index contributed by atoms with van der Waals surface area (Å²) in [6.45, 7) is 4.37. The van der Waals surface area contributed by atoms with Crippen LogP contribution in [0.5, 0.6) is 0 Å². The zero-order valence-corrected chi connectivity index (χ0v) is 12.8. The number of rotatable bonds is 3. The van der Waals surface area contributed by atoms with Crippen molar-refractivity contribution in [2.75, 3.05) is 12.4 Å². The summed E-state index contributed by atoms with van der Waals surface area (Å²) >= 11 is 0. The molecule has 0 aliphatic heterocycles. The van der Waals surface area contributed by atoms with Gasteiger partial charge in [0.15, 0.2) is 0 Å². The zero-order chi connectivity index (χ0) is 15.0. The third-order valence-electron chi connectivity index (χ3n) is 3.60. The molecule has 3 aromatic rings. The molecule has 0 bridgehead atoms. The second-order valence-corrected chi connectivity index (χ2v) is 5.41. The van der Waals surface area contributed by atoms with E-state index in [9.17, 15) is 0 Å². The summed E-state index contributed by atoms with van der Waals surface area (Å²) in [5, 5.41) is 8.73. The number of anilines is 1. The number of nitrogens with one attached hydrogen (secondary N) is 1. The molecule has 0 radical (unpaired) electrons. The van der Waals surface area contributed by atoms with Crippen molar-refractivity contribution in [2.24, 2.45) is 7.05 Å². The molecule has 5 nitrogen and oxygen atoms in total. The summed E-state index contributed by atoms with van der Waals surface area (Å²) in [4.78, 5) is 8.66. The predicted molar refractivity (Wildman–Crippen MR) is 85.4 cm³/mol. The Morgan fingerprint density at radius 3 is 2.71 bits per heavy atom. The first-order chi connectivity index (χ1) is 10.1. The van der Waals surface area contributed by atoms with Gasteiger partial charge in [-0.15, -0.1) is 0 Å². The molecule has 3 rings (SSSR count). The van der Waals surface area contributed by atoms with E-state index in [1.54, 1.807) is 6.20 Å². The van der Waals surface area contributed by atoms with Gasteiger partial charge in [0.1, 0.15) is 0 Å². The van der Waals surface area contributed by atoms with Crippen LogP contribution in [-0.2, 0) is 7.05 Å². The molecule has 0 aliphatic carbocycles. The van der Waals surface area contributed by atoms with Gasteiger partial charge in [-0.25, -0.2) is 9.97 Å². The first-order valence-electron chi connectivity index (χ1n) is 7.08. The van der Waals surface area contributed by atoms with E-state index in [2.05, 4.69) is 52.4 Å². The second-order valence-electron chi connectivity index (χ2n) is 5.41. The lowest BCUT2D eigenvalue weighted by Crippen LogP contribution is -1.99. The van der Waals surface area contributed by atoms with Crippen molar-refractivity contribution >= 4 is 16.9 Å². The van der Waals surface area contributed by atoms with E-state index in [0.717, 1.165) is 16.8 Å². The summed E-state index contributed by atoms with van der Waals surface area (Å²) in [6, 6.07) is 8.20. The molecule has 1 aromatic carbocycles. The van der Waals surface area contributed by atoms with Crippen LogP contribution in [0.25, 0.3) is 22.2 Å². The van der Waals surface area contributed by atoms with Crippen molar-refractivity contribution < 1.29 is 0 Å². The molecular weight excluding hydrogens is 262 g/mol. The van der Waals surface area contributed by atoms with Crippen molar-refractivity contribution in [2.45, 2.75) is 19.8 Å². The summed E-state index contributed by atoms with van der Waals surface area (Å²) in [5.74, 6) is 1.05. The average molecular weight is 281 g/mol. The Bertz CT molecular complexity index is 788. The maximum absolute atomic E-state index is 4.57. The van der Waals surface area contributed by atoms with E-state index >= 15 is 0 Å². The second kappa shape index (κ2) is 5.16. The Morgan fingerprint density at radius 1 is 1.19 bits per heavy atom. The van der Waals surface area contributed by atoms with E-state index in [1.165, 1.54) is 11.1 Å². The summed E-state index contributed by atoms with van der Waals surface area (Å²) in [6.07, 6.45) is 1.77. The van der Waals surface area contributed by atoms with Crippen LogP contribution in [0.15, 0.2) is 30.5 Å². The van der Waals surface area contributed by atoms with Crippen LogP contribution < -0.4 is 5.32 Å². The van der Waals surface area contributed by atoms with Crippen molar-refractivity contribution in [3.8, 4) is 11.3 Å². The molecule has 0 amide bonds. The Balaban J connectivity index is 2.18. The highest BCUT2D eigenvalue weighted by molar-refractivity contribution is 5.86.